The molecule has 0 aromatic carbocycles. The zero-order valence-corrected chi connectivity index (χ0v) is 10.4. The molecule has 2 aromatic heterocycles. The third-order valence-corrected chi connectivity index (χ3v) is 2.85. The zero-order chi connectivity index (χ0) is 12.4. The number of pyridine rings is 1. The molecule has 17 heavy (non-hydrogen) atoms. The lowest BCUT2D eigenvalue weighted by Gasteiger charge is -2.14. The van der Waals surface area contributed by atoms with Crippen LogP contribution in [0.25, 0.3) is 0 Å². The van der Waals surface area contributed by atoms with Crippen LogP contribution in [0.2, 0.25) is 0 Å². The molecule has 1 unspecified atom stereocenters. The minimum Gasteiger partial charge on any atom is -0.379 e. The van der Waals surface area contributed by atoms with Gasteiger partial charge in [0.2, 0.25) is 0 Å². The highest BCUT2D eigenvalue weighted by molar-refractivity contribution is 5.28. The Morgan fingerprint density at radius 2 is 2.12 bits per heavy atom. The van der Waals surface area contributed by atoms with E-state index in [2.05, 4.69) is 9.97 Å². The number of hydrogen-bond donors (Lipinski definition) is 1. The molecule has 0 saturated carbocycles. The van der Waals surface area contributed by atoms with E-state index in [-0.39, 0.29) is 0 Å². The molecule has 1 atom stereocenters. The maximum Gasteiger partial charge on any atom is 0.154 e. The lowest BCUT2D eigenvalue weighted by molar-refractivity contribution is 0.199. The maximum absolute atomic E-state index is 10.3. The van der Waals surface area contributed by atoms with E-state index in [1.165, 1.54) is 0 Å². The van der Waals surface area contributed by atoms with Gasteiger partial charge in [-0.1, -0.05) is 6.07 Å². The van der Waals surface area contributed by atoms with E-state index < -0.39 is 6.10 Å². The van der Waals surface area contributed by atoms with Gasteiger partial charge >= 0.3 is 0 Å². The second kappa shape index (κ2) is 4.67. The summed E-state index contributed by atoms with van der Waals surface area (Å²) >= 11 is 0. The molecule has 2 heterocycles. The van der Waals surface area contributed by atoms with E-state index in [1.807, 2.05) is 37.6 Å². The number of aryl methyl sites for hydroxylation is 3. The van der Waals surface area contributed by atoms with E-state index in [9.17, 15) is 5.11 Å². The molecule has 2 aromatic rings. The average Bonchev–Trinajstić information content (AvgIpc) is 2.76. The van der Waals surface area contributed by atoms with Gasteiger partial charge in [-0.15, -0.1) is 0 Å². The Kier molecular flexibility index (Phi) is 3.24. The van der Waals surface area contributed by atoms with Gasteiger partial charge in [-0.2, -0.15) is 0 Å². The van der Waals surface area contributed by atoms with Crippen molar-refractivity contribution >= 4 is 0 Å². The minimum absolute atomic E-state index is 0.645. The SMILES string of the molecule is CCn1ccnc1C(O)c1ncc(C)cc1C. The second-order valence-corrected chi connectivity index (χ2v) is 4.19. The van der Waals surface area contributed by atoms with Crippen LogP contribution < -0.4 is 0 Å². The molecule has 0 aliphatic heterocycles. The van der Waals surface area contributed by atoms with Crippen LogP contribution in [0.5, 0.6) is 0 Å². The summed E-state index contributed by atoms with van der Waals surface area (Å²) in [7, 11) is 0. The lowest BCUT2D eigenvalue weighted by atomic mass is 10.1. The van der Waals surface area contributed by atoms with Gasteiger partial charge in [0.15, 0.2) is 6.10 Å². The number of hydrogen-bond acceptors (Lipinski definition) is 3. The van der Waals surface area contributed by atoms with E-state index in [0.717, 1.165) is 17.7 Å². The Bertz CT molecular complexity index is 519. The van der Waals surface area contributed by atoms with Crippen molar-refractivity contribution in [1.82, 2.24) is 14.5 Å². The Morgan fingerprint density at radius 3 is 2.76 bits per heavy atom. The highest BCUT2D eigenvalue weighted by Gasteiger charge is 2.18. The Morgan fingerprint density at radius 1 is 1.35 bits per heavy atom. The van der Waals surface area contributed by atoms with Crippen molar-refractivity contribution in [2.24, 2.45) is 0 Å². The fourth-order valence-corrected chi connectivity index (χ4v) is 1.97. The van der Waals surface area contributed by atoms with Crippen LogP contribution in [-0.2, 0) is 6.54 Å². The summed E-state index contributed by atoms with van der Waals surface area (Å²) in [6, 6.07) is 2.02. The van der Waals surface area contributed by atoms with Crippen LogP contribution in [0.4, 0.5) is 0 Å². The molecular weight excluding hydrogens is 214 g/mol. The van der Waals surface area contributed by atoms with Crippen molar-refractivity contribution in [2.75, 3.05) is 0 Å². The van der Waals surface area contributed by atoms with E-state index >= 15 is 0 Å². The molecule has 90 valence electrons. The van der Waals surface area contributed by atoms with Gasteiger partial charge in [0.1, 0.15) is 5.82 Å². The predicted octanol–water partition coefficient (Wildman–Crippen LogP) is 2.00. The van der Waals surface area contributed by atoms with E-state index in [4.69, 9.17) is 0 Å². The molecule has 2 rings (SSSR count). The first-order chi connectivity index (χ1) is 8.13. The van der Waals surface area contributed by atoms with E-state index in [1.54, 1.807) is 12.4 Å². The van der Waals surface area contributed by atoms with Crippen LogP contribution >= 0.6 is 0 Å². The van der Waals surface area contributed by atoms with Gasteiger partial charge in [-0.25, -0.2) is 4.98 Å². The van der Waals surface area contributed by atoms with Crippen LogP contribution in [0.3, 0.4) is 0 Å². The summed E-state index contributed by atoms with van der Waals surface area (Å²) < 4.78 is 1.92. The first-order valence-corrected chi connectivity index (χ1v) is 5.75. The third kappa shape index (κ3) is 2.22. The Labute approximate surface area is 101 Å². The topological polar surface area (TPSA) is 50.9 Å². The van der Waals surface area contributed by atoms with Crippen molar-refractivity contribution in [3.8, 4) is 0 Å². The molecule has 0 bridgehead atoms. The summed E-state index contributed by atoms with van der Waals surface area (Å²) in [5.41, 5.74) is 2.76. The summed E-state index contributed by atoms with van der Waals surface area (Å²) in [4.78, 5) is 8.51. The summed E-state index contributed by atoms with van der Waals surface area (Å²) in [6.07, 6.45) is 4.57. The number of nitrogens with zero attached hydrogens (tertiary/aromatic N) is 3. The highest BCUT2D eigenvalue weighted by Crippen LogP contribution is 2.22. The van der Waals surface area contributed by atoms with Crippen molar-refractivity contribution in [1.29, 1.82) is 0 Å². The van der Waals surface area contributed by atoms with Gasteiger partial charge in [-0.3, -0.25) is 4.98 Å². The van der Waals surface area contributed by atoms with Crippen LogP contribution in [0.15, 0.2) is 24.7 Å². The molecule has 0 spiro atoms. The largest absolute Gasteiger partial charge is 0.379 e. The quantitative estimate of drug-likeness (QED) is 0.879. The molecule has 0 fully saturated rings. The fraction of sp³-hybridized carbons (Fsp3) is 0.385. The number of aromatic nitrogens is 3. The van der Waals surface area contributed by atoms with Gasteiger partial charge in [0.25, 0.3) is 0 Å². The molecular formula is C13H17N3O. The van der Waals surface area contributed by atoms with Crippen LogP contribution in [0.1, 0.15) is 35.7 Å². The predicted molar refractivity (Wildman–Crippen MR) is 65.7 cm³/mol. The summed E-state index contributed by atoms with van der Waals surface area (Å²) in [5.74, 6) is 0.645. The number of imidazole rings is 1. The van der Waals surface area contributed by atoms with Crippen molar-refractivity contribution in [3.05, 3.63) is 47.3 Å². The molecule has 1 N–H and O–H groups in total. The van der Waals surface area contributed by atoms with E-state index in [0.29, 0.717) is 11.5 Å². The molecule has 4 heteroatoms. The molecule has 0 amide bonds. The van der Waals surface area contributed by atoms with Crippen LogP contribution in [0, 0.1) is 13.8 Å². The van der Waals surface area contributed by atoms with Gasteiger partial charge < -0.3 is 9.67 Å². The molecule has 4 nitrogen and oxygen atoms in total. The van der Waals surface area contributed by atoms with Gasteiger partial charge in [-0.05, 0) is 31.9 Å². The lowest BCUT2D eigenvalue weighted by Crippen LogP contribution is -2.11. The monoisotopic (exact) mass is 231 g/mol. The Hall–Kier alpha value is -1.68. The van der Waals surface area contributed by atoms with Gasteiger partial charge in [0.05, 0.1) is 5.69 Å². The first-order valence-electron chi connectivity index (χ1n) is 5.75. The summed E-state index contributed by atoms with van der Waals surface area (Å²) in [6.45, 7) is 6.76. The van der Waals surface area contributed by atoms with Gasteiger partial charge in [0, 0.05) is 25.1 Å². The summed E-state index contributed by atoms with van der Waals surface area (Å²) in [5, 5.41) is 10.3. The number of aliphatic hydroxyl groups excluding tert-OH is 1. The molecule has 0 radical (unpaired) electrons. The second-order valence-electron chi connectivity index (χ2n) is 4.19. The maximum atomic E-state index is 10.3. The molecule has 0 saturated heterocycles. The minimum atomic E-state index is -0.759. The third-order valence-electron chi connectivity index (χ3n) is 2.85. The molecule has 0 aliphatic carbocycles. The normalized spacial score (nSPS) is 12.7. The first kappa shape index (κ1) is 11.8. The molecule has 0 aliphatic rings. The smallest absolute Gasteiger partial charge is 0.154 e. The van der Waals surface area contributed by atoms with Crippen molar-refractivity contribution in [3.63, 3.8) is 0 Å². The highest BCUT2D eigenvalue weighted by atomic mass is 16.3. The standard InChI is InChI=1S/C13H17N3O/c1-4-16-6-5-14-13(16)12(17)11-10(3)7-9(2)8-15-11/h5-8,12,17H,4H2,1-3H3. The van der Waals surface area contributed by atoms with Crippen molar-refractivity contribution < 1.29 is 5.11 Å². The van der Waals surface area contributed by atoms with Crippen LogP contribution in [-0.4, -0.2) is 19.6 Å². The number of aliphatic hydroxyl groups is 1. The number of rotatable bonds is 3. The average molecular weight is 231 g/mol. The fourth-order valence-electron chi connectivity index (χ4n) is 1.97. The zero-order valence-electron chi connectivity index (χ0n) is 10.4. The van der Waals surface area contributed by atoms with Crippen molar-refractivity contribution in [2.45, 2.75) is 33.4 Å². The Balaban J connectivity index is 2.40.